The van der Waals surface area contributed by atoms with Crippen molar-refractivity contribution in [3.63, 3.8) is 0 Å². The summed E-state index contributed by atoms with van der Waals surface area (Å²) in [4.78, 5) is 32.4. The van der Waals surface area contributed by atoms with Crippen LogP contribution in [0.3, 0.4) is 0 Å². The first-order valence-electron chi connectivity index (χ1n) is 10.7. The summed E-state index contributed by atoms with van der Waals surface area (Å²) >= 11 is 1.61. The molecule has 3 aromatic rings. The molecular weight excluding hydrogens is 415 g/mol. The van der Waals surface area contributed by atoms with Crippen LogP contribution in [0.15, 0.2) is 53.3 Å². The molecule has 1 amide bonds. The van der Waals surface area contributed by atoms with Crippen molar-refractivity contribution in [3.05, 3.63) is 70.4 Å². The first kappa shape index (κ1) is 20.3. The quantitative estimate of drug-likeness (QED) is 0.676. The van der Waals surface area contributed by atoms with Crippen LogP contribution in [0.2, 0.25) is 0 Å². The van der Waals surface area contributed by atoms with Gasteiger partial charge in [-0.25, -0.2) is 9.18 Å². The molecule has 0 radical (unpaired) electrons. The van der Waals surface area contributed by atoms with Crippen molar-refractivity contribution in [3.8, 4) is 0 Å². The Hall–Kier alpha value is -2.58. The smallest absolute Gasteiger partial charge is 0.325 e. The van der Waals surface area contributed by atoms with Crippen LogP contribution in [0.25, 0.3) is 11.0 Å². The fourth-order valence-corrected chi connectivity index (χ4v) is 6.01. The number of fused-ring (bicyclic) bond motifs is 1. The summed E-state index contributed by atoms with van der Waals surface area (Å²) in [5.74, 6) is 0.599. The average molecular weight is 441 g/mol. The third-order valence-corrected chi connectivity index (χ3v) is 7.53. The molecule has 5 rings (SSSR count). The van der Waals surface area contributed by atoms with Gasteiger partial charge in [0.2, 0.25) is 5.91 Å². The van der Waals surface area contributed by atoms with E-state index >= 15 is 0 Å². The predicted octanol–water partition coefficient (Wildman–Crippen LogP) is 3.38. The first-order chi connectivity index (χ1) is 15.1. The van der Waals surface area contributed by atoms with Gasteiger partial charge in [0.1, 0.15) is 11.2 Å². The van der Waals surface area contributed by atoms with Gasteiger partial charge in [-0.3, -0.25) is 14.3 Å². The number of aromatic amines is 1. The number of piperidine rings is 1. The number of rotatable bonds is 4. The minimum absolute atomic E-state index is 0.0426. The van der Waals surface area contributed by atoms with Crippen molar-refractivity contribution in [1.29, 1.82) is 0 Å². The van der Waals surface area contributed by atoms with Gasteiger partial charge in [0.15, 0.2) is 0 Å². The maximum atomic E-state index is 14.3. The number of carbonyl (C=O) groups excluding carboxylic acids is 1. The van der Waals surface area contributed by atoms with Crippen LogP contribution in [-0.2, 0) is 4.79 Å². The first-order valence-corrected chi connectivity index (χ1v) is 11.7. The van der Waals surface area contributed by atoms with Crippen LogP contribution in [0.4, 0.5) is 4.39 Å². The van der Waals surface area contributed by atoms with Crippen molar-refractivity contribution in [2.75, 3.05) is 31.9 Å². The van der Waals surface area contributed by atoms with Gasteiger partial charge in [0.05, 0.1) is 17.6 Å². The Morgan fingerprint density at radius 1 is 1.06 bits per heavy atom. The number of thioether (sulfide) groups is 1. The second-order valence-electron chi connectivity index (χ2n) is 8.16. The van der Waals surface area contributed by atoms with E-state index < -0.39 is 0 Å². The normalized spacial score (nSPS) is 20.5. The Balaban J connectivity index is 1.23. The number of benzene rings is 2. The molecule has 162 valence electrons. The number of nitrogens with one attached hydrogen (secondary N) is 1. The van der Waals surface area contributed by atoms with E-state index in [4.69, 9.17) is 0 Å². The Kier molecular flexibility index (Phi) is 5.58. The highest BCUT2D eigenvalue weighted by Gasteiger charge is 2.33. The number of amides is 1. The van der Waals surface area contributed by atoms with Crippen LogP contribution in [0, 0.1) is 5.82 Å². The summed E-state index contributed by atoms with van der Waals surface area (Å²) < 4.78 is 16.1. The zero-order chi connectivity index (χ0) is 21.4. The van der Waals surface area contributed by atoms with Gasteiger partial charge in [-0.2, -0.15) is 0 Å². The number of likely N-dealkylation sites (tertiary alicyclic amines) is 1. The zero-order valence-electron chi connectivity index (χ0n) is 17.2. The number of H-pyrrole nitrogens is 1. The molecule has 2 aliphatic heterocycles. The maximum Gasteiger partial charge on any atom is 0.326 e. The number of carbonyl (C=O) groups is 1. The summed E-state index contributed by atoms with van der Waals surface area (Å²) in [6.07, 6.45) is 1.64. The lowest BCUT2D eigenvalue weighted by atomic mass is 10.0. The lowest BCUT2D eigenvalue weighted by Crippen LogP contribution is -2.44. The molecule has 1 atom stereocenters. The molecule has 31 heavy (non-hydrogen) atoms. The highest BCUT2D eigenvalue weighted by molar-refractivity contribution is 7.99. The predicted molar refractivity (Wildman–Crippen MR) is 121 cm³/mol. The summed E-state index contributed by atoms with van der Waals surface area (Å²) in [7, 11) is 0. The van der Waals surface area contributed by atoms with E-state index in [0.29, 0.717) is 18.7 Å². The van der Waals surface area contributed by atoms with Crippen molar-refractivity contribution in [2.24, 2.45) is 0 Å². The standard InChI is InChI=1S/C23H25FN4O2S/c24-18-6-2-1-5-17(18)22-27(13-14-31-22)21(29)15-26-11-9-16(10-12-26)28-20-8-4-3-7-19(20)25-23(28)30/h1-8,16,22H,9-15H2,(H,25,30)/t22-/m0/s1. The molecule has 0 spiro atoms. The van der Waals surface area contributed by atoms with E-state index in [0.717, 1.165) is 42.7 Å². The van der Waals surface area contributed by atoms with Crippen molar-refractivity contribution in [1.82, 2.24) is 19.4 Å². The highest BCUT2D eigenvalue weighted by Crippen LogP contribution is 2.39. The number of nitrogens with zero attached hydrogens (tertiary/aromatic N) is 3. The molecule has 2 fully saturated rings. The summed E-state index contributed by atoms with van der Waals surface area (Å²) in [6, 6.07) is 14.6. The topological polar surface area (TPSA) is 61.3 Å². The number of aromatic nitrogens is 2. The molecule has 2 saturated heterocycles. The van der Waals surface area contributed by atoms with Crippen molar-refractivity contribution >= 4 is 28.7 Å². The van der Waals surface area contributed by atoms with Crippen molar-refractivity contribution < 1.29 is 9.18 Å². The molecule has 3 heterocycles. The van der Waals surface area contributed by atoms with Gasteiger partial charge < -0.3 is 9.88 Å². The zero-order valence-corrected chi connectivity index (χ0v) is 18.0. The van der Waals surface area contributed by atoms with Gasteiger partial charge in [-0.1, -0.05) is 30.3 Å². The van der Waals surface area contributed by atoms with Gasteiger partial charge in [0, 0.05) is 37.0 Å². The van der Waals surface area contributed by atoms with Gasteiger partial charge >= 0.3 is 5.69 Å². The highest BCUT2D eigenvalue weighted by atomic mass is 32.2. The molecule has 8 heteroatoms. The Morgan fingerprint density at radius 3 is 2.61 bits per heavy atom. The summed E-state index contributed by atoms with van der Waals surface area (Å²) in [5, 5.41) is -0.254. The number of imidazole rings is 1. The van der Waals surface area contributed by atoms with Gasteiger partial charge in [0.25, 0.3) is 0 Å². The van der Waals surface area contributed by atoms with Crippen LogP contribution >= 0.6 is 11.8 Å². The number of hydrogen-bond acceptors (Lipinski definition) is 4. The van der Waals surface area contributed by atoms with Gasteiger partial charge in [-0.15, -0.1) is 11.8 Å². The average Bonchev–Trinajstić information content (AvgIpc) is 3.39. The Bertz CT molecular complexity index is 1150. The van der Waals surface area contributed by atoms with E-state index in [1.165, 1.54) is 6.07 Å². The SMILES string of the molecule is O=C(CN1CCC(n2c(=O)[nH]c3ccccc32)CC1)N1CCS[C@H]1c1ccccc1F. The Labute approximate surface area is 184 Å². The fraction of sp³-hybridized carbons (Fsp3) is 0.391. The minimum atomic E-state index is -0.260. The molecule has 6 nitrogen and oxygen atoms in total. The van der Waals surface area contributed by atoms with E-state index in [-0.39, 0.29) is 28.8 Å². The number of para-hydroxylation sites is 2. The lowest BCUT2D eigenvalue weighted by Gasteiger charge is -2.34. The summed E-state index contributed by atoms with van der Waals surface area (Å²) in [6.45, 7) is 2.49. The van der Waals surface area contributed by atoms with Crippen LogP contribution in [0.1, 0.15) is 29.8 Å². The Morgan fingerprint density at radius 2 is 1.81 bits per heavy atom. The van der Waals surface area contributed by atoms with Crippen LogP contribution in [-0.4, -0.2) is 57.2 Å². The molecule has 0 aliphatic carbocycles. The van der Waals surface area contributed by atoms with Crippen molar-refractivity contribution in [2.45, 2.75) is 24.3 Å². The molecular formula is C23H25FN4O2S. The molecule has 0 saturated carbocycles. The minimum Gasteiger partial charge on any atom is -0.325 e. The lowest BCUT2D eigenvalue weighted by molar-refractivity contribution is -0.132. The largest absolute Gasteiger partial charge is 0.326 e. The van der Waals surface area contributed by atoms with E-state index in [2.05, 4.69) is 9.88 Å². The van der Waals surface area contributed by atoms with E-state index in [1.807, 2.05) is 34.9 Å². The second kappa shape index (κ2) is 8.51. The maximum absolute atomic E-state index is 14.3. The number of halogens is 1. The monoisotopic (exact) mass is 440 g/mol. The third-order valence-electron chi connectivity index (χ3n) is 6.29. The fourth-order valence-electron chi connectivity index (χ4n) is 4.71. The molecule has 2 aromatic carbocycles. The van der Waals surface area contributed by atoms with E-state index in [1.54, 1.807) is 28.8 Å². The molecule has 2 aliphatic rings. The van der Waals surface area contributed by atoms with Crippen LogP contribution < -0.4 is 5.69 Å². The summed E-state index contributed by atoms with van der Waals surface area (Å²) in [5.41, 5.74) is 2.30. The molecule has 0 bridgehead atoms. The number of hydrogen-bond donors (Lipinski definition) is 1. The van der Waals surface area contributed by atoms with Crippen LogP contribution in [0.5, 0.6) is 0 Å². The van der Waals surface area contributed by atoms with E-state index in [9.17, 15) is 14.0 Å². The molecule has 1 aromatic heterocycles. The molecule has 1 N–H and O–H groups in total. The molecule has 0 unspecified atom stereocenters. The van der Waals surface area contributed by atoms with Gasteiger partial charge in [-0.05, 0) is 31.0 Å². The third kappa shape index (κ3) is 3.90. The second-order valence-corrected chi connectivity index (χ2v) is 9.34.